The highest BCUT2D eigenvalue weighted by Crippen LogP contribution is 2.19. The van der Waals surface area contributed by atoms with Crippen LogP contribution in [-0.4, -0.2) is 17.6 Å². The quantitative estimate of drug-likeness (QED) is 0.755. The van der Waals surface area contributed by atoms with Crippen LogP contribution in [0.4, 0.5) is 5.82 Å². The molecule has 4 heteroatoms. The minimum absolute atomic E-state index is 0.345. The number of hydrogen-bond acceptors (Lipinski definition) is 3. The van der Waals surface area contributed by atoms with Gasteiger partial charge in [0, 0.05) is 12.6 Å². The maximum atomic E-state index is 8.88. The van der Waals surface area contributed by atoms with Gasteiger partial charge in [0.15, 0.2) is 0 Å². The van der Waals surface area contributed by atoms with Crippen LogP contribution in [0.3, 0.4) is 0 Å². The molecule has 0 N–H and O–H groups in total. The molecule has 0 bridgehead atoms. The SMILES string of the molecule is CCCN(c1cc(C#N)cc(Cl)n1)C(C)C. The molecule has 0 spiro atoms. The van der Waals surface area contributed by atoms with Gasteiger partial charge in [0.05, 0.1) is 11.6 Å². The summed E-state index contributed by atoms with van der Waals surface area (Å²) in [6.07, 6.45) is 1.04. The van der Waals surface area contributed by atoms with E-state index in [0.29, 0.717) is 16.8 Å². The van der Waals surface area contributed by atoms with E-state index < -0.39 is 0 Å². The molecule has 0 aliphatic carbocycles. The molecule has 0 fully saturated rings. The summed E-state index contributed by atoms with van der Waals surface area (Å²) in [6.45, 7) is 7.23. The highest BCUT2D eigenvalue weighted by atomic mass is 35.5. The highest BCUT2D eigenvalue weighted by Gasteiger charge is 2.12. The first-order valence-corrected chi connectivity index (χ1v) is 5.80. The van der Waals surface area contributed by atoms with Crippen LogP contribution >= 0.6 is 11.6 Å². The predicted octanol–water partition coefficient (Wildman–Crippen LogP) is 3.23. The lowest BCUT2D eigenvalue weighted by Crippen LogP contribution is -2.32. The molecule has 86 valence electrons. The van der Waals surface area contributed by atoms with E-state index in [4.69, 9.17) is 16.9 Å². The van der Waals surface area contributed by atoms with Crippen molar-refractivity contribution in [1.29, 1.82) is 5.26 Å². The van der Waals surface area contributed by atoms with Crippen LogP contribution in [0.15, 0.2) is 12.1 Å². The van der Waals surface area contributed by atoms with E-state index >= 15 is 0 Å². The fourth-order valence-electron chi connectivity index (χ4n) is 1.57. The van der Waals surface area contributed by atoms with Gasteiger partial charge in [-0.15, -0.1) is 0 Å². The zero-order valence-electron chi connectivity index (χ0n) is 9.87. The van der Waals surface area contributed by atoms with Gasteiger partial charge in [0.2, 0.25) is 0 Å². The van der Waals surface area contributed by atoms with E-state index in [9.17, 15) is 0 Å². The zero-order chi connectivity index (χ0) is 12.1. The summed E-state index contributed by atoms with van der Waals surface area (Å²) in [5, 5.41) is 9.25. The Morgan fingerprint density at radius 2 is 2.19 bits per heavy atom. The molecule has 0 aromatic carbocycles. The van der Waals surface area contributed by atoms with Crippen LogP contribution in [0.5, 0.6) is 0 Å². The molecule has 0 aliphatic rings. The number of pyridine rings is 1. The number of nitriles is 1. The summed E-state index contributed by atoms with van der Waals surface area (Å²) >= 11 is 5.89. The lowest BCUT2D eigenvalue weighted by atomic mass is 10.2. The van der Waals surface area contributed by atoms with E-state index in [1.165, 1.54) is 0 Å². The summed E-state index contributed by atoms with van der Waals surface area (Å²) in [7, 11) is 0. The Kier molecular flexibility index (Phi) is 4.57. The summed E-state index contributed by atoms with van der Waals surface area (Å²) in [5.74, 6) is 0.779. The molecule has 1 heterocycles. The number of anilines is 1. The summed E-state index contributed by atoms with van der Waals surface area (Å²) < 4.78 is 0. The van der Waals surface area contributed by atoms with Gasteiger partial charge in [-0.25, -0.2) is 4.98 Å². The third-order valence-corrected chi connectivity index (χ3v) is 2.49. The van der Waals surface area contributed by atoms with Crippen molar-refractivity contribution in [2.24, 2.45) is 0 Å². The average Bonchev–Trinajstić information content (AvgIpc) is 2.24. The second-order valence-corrected chi connectivity index (χ2v) is 4.32. The third kappa shape index (κ3) is 3.11. The Morgan fingerprint density at radius 1 is 1.50 bits per heavy atom. The van der Waals surface area contributed by atoms with E-state index in [2.05, 4.69) is 36.7 Å². The minimum atomic E-state index is 0.345. The first kappa shape index (κ1) is 12.8. The van der Waals surface area contributed by atoms with Crippen molar-refractivity contribution in [1.82, 2.24) is 4.98 Å². The molecule has 0 unspecified atom stereocenters. The Balaban J connectivity index is 3.09. The topological polar surface area (TPSA) is 39.9 Å². The first-order valence-electron chi connectivity index (χ1n) is 5.42. The minimum Gasteiger partial charge on any atom is -0.354 e. The Bertz CT molecular complexity index is 396. The van der Waals surface area contributed by atoms with Gasteiger partial charge >= 0.3 is 0 Å². The Labute approximate surface area is 102 Å². The van der Waals surface area contributed by atoms with Crippen LogP contribution in [0, 0.1) is 11.3 Å². The molecule has 0 amide bonds. The van der Waals surface area contributed by atoms with Crippen molar-refractivity contribution in [3.63, 3.8) is 0 Å². The van der Waals surface area contributed by atoms with Crippen LogP contribution in [0.1, 0.15) is 32.8 Å². The largest absolute Gasteiger partial charge is 0.354 e. The van der Waals surface area contributed by atoms with E-state index in [0.717, 1.165) is 18.8 Å². The van der Waals surface area contributed by atoms with E-state index in [1.54, 1.807) is 12.1 Å². The smallest absolute Gasteiger partial charge is 0.132 e. The van der Waals surface area contributed by atoms with Gasteiger partial charge < -0.3 is 4.90 Å². The summed E-state index contributed by atoms with van der Waals surface area (Å²) in [6, 6.07) is 5.80. The molecule has 0 radical (unpaired) electrons. The van der Waals surface area contributed by atoms with Gasteiger partial charge in [0.1, 0.15) is 11.0 Å². The molecule has 0 saturated carbocycles. The van der Waals surface area contributed by atoms with Gasteiger partial charge in [-0.2, -0.15) is 5.26 Å². The normalized spacial score (nSPS) is 10.2. The lowest BCUT2D eigenvalue weighted by Gasteiger charge is -2.27. The van der Waals surface area contributed by atoms with Crippen LogP contribution in [0.2, 0.25) is 5.15 Å². The Hall–Kier alpha value is -1.27. The molecule has 3 nitrogen and oxygen atoms in total. The zero-order valence-corrected chi connectivity index (χ0v) is 10.6. The predicted molar refractivity (Wildman–Crippen MR) is 66.7 cm³/mol. The number of hydrogen-bond donors (Lipinski definition) is 0. The van der Waals surface area contributed by atoms with Crippen molar-refractivity contribution in [2.45, 2.75) is 33.2 Å². The van der Waals surface area contributed by atoms with Crippen LogP contribution in [-0.2, 0) is 0 Å². The van der Waals surface area contributed by atoms with E-state index in [-0.39, 0.29) is 0 Å². The van der Waals surface area contributed by atoms with Gasteiger partial charge in [0.25, 0.3) is 0 Å². The van der Waals surface area contributed by atoms with Gasteiger partial charge in [-0.05, 0) is 32.4 Å². The van der Waals surface area contributed by atoms with Crippen LogP contribution < -0.4 is 4.90 Å². The van der Waals surface area contributed by atoms with Gasteiger partial charge in [-0.1, -0.05) is 18.5 Å². The average molecular weight is 238 g/mol. The van der Waals surface area contributed by atoms with Crippen LogP contribution in [0.25, 0.3) is 0 Å². The van der Waals surface area contributed by atoms with Crippen molar-refractivity contribution in [3.05, 3.63) is 22.8 Å². The van der Waals surface area contributed by atoms with Gasteiger partial charge in [-0.3, -0.25) is 0 Å². The first-order chi connectivity index (χ1) is 7.58. The lowest BCUT2D eigenvalue weighted by molar-refractivity contribution is 0.662. The number of rotatable bonds is 4. The standard InChI is InChI=1S/C12H16ClN3/c1-4-5-16(9(2)3)12-7-10(8-14)6-11(13)15-12/h6-7,9H,4-5H2,1-3H3. The van der Waals surface area contributed by atoms with Crippen molar-refractivity contribution in [3.8, 4) is 6.07 Å². The van der Waals surface area contributed by atoms with Crippen molar-refractivity contribution >= 4 is 17.4 Å². The summed E-state index contributed by atoms with van der Waals surface area (Å²) in [4.78, 5) is 6.41. The fourth-order valence-corrected chi connectivity index (χ4v) is 1.78. The van der Waals surface area contributed by atoms with E-state index in [1.807, 2.05) is 0 Å². The molecule has 0 aliphatic heterocycles. The second-order valence-electron chi connectivity index (χ2n) is 3.94. The molecule has 0 atom stereocenters. The number of aromatic nitrogens is 1. The maximum Gasteiger partial charge on any atom is 0.132 e. The molecule has 1 aromatic heterocycles. The number of halogens is 1. The molecule has 16 heavy (non-hydrogen) atoms. The molecular weight excluding hydrogens is 222 g/mol. The summed E-state index contributed by atoms with van der Waals surface area (Å²) in [5.41, 5.74) is 0.553. The Morgan fingerprint density at radius 3 is 2.69 bits per heavy atom. The number of nitrogens with zero attached hydrogens (tertiary/aromatic N) is 3. The molecule has 1 aromatic rings. The van der Waals surface area contributed by atoms with Crippen molar-refractivity contribution < 1.29 is 0 Å². The monoisotopic (exact) mass is 237 g/mol. The van der Waals surface area contributed by atoms with Crippen molar-refractivity contribution in [2.75, 3.05) is 11.4 Å². The molecular formula is C12H16ClN3. The highest BCUT2D eigenvalue weighted by molar-refractivity contribution is 6.29. The second kappa shape index (κ2) is 5.72. The fraction of sp³-hybridized carbons (Fsp3) is 0.500. The maximum absolute atomic E-state index is 8.88. The third-order valence-electron chi connectivity index (χ3n) is 2.29. The molecule has 0 saturated heterocycles. The molecule has 1 rings (SSSR count).